The van der Waals surface area contributed by atoms with E-state index in [4.69, 9.17) is 23.7 Å². The van der Waals surface area contributed by atoms with Gasteiger partial charge in [-0.15, -0.1) is 11.8 Å². The number of ether oxygens (including phenoxy) is 5. The monoisotopic (exact) mass is 714 g/mol. The maximum atomic E-state index is 12.3. The molecular formula is C43H54O7S. The normalized spacial score (nSPS) is 11.8. The molecule has 4 aromatic carbocycles. The highest BCUT2D eigenvalue weighted by Crippen LogP contribution is 2.48. The molecule has 0 radical (unpaired) electrons. The van der Waals surface area contributed by atoms with Crippen LogP contribution in [0.15, 0.2) is 109 Å². The maximum Gasteiger partial charge on any atom is 0.337 e. The van der Waals surface area contributed by atoms with Crippen molar-refractivity contribution >= 4 is 17.7 Å². The predicted octanol–water partition coefficient (Wildman–Crippen LogP) is 8.99. The first-order valence-electron chi connectivity index (χ1n) is 18.0. The van der Waals surface area contributed by atoms with Crippen LogP contribution >= 0.6 is 11.8 Å². The number of unbranched alkanes of at least 4 members (excludes halogenated alkanes) is 3. The summed E-state index contributed by atoms with van der Waals surface area (Å²) in [5.41, 5.74) is 4.43. The van der Waals surface area contributed by atoms with E-state index in [1.807, 2.05) is 32.5 Å². The van der Waals surface area contributed by atoms with E-state index >= 15 is 0 Å². The molecule has 4 aromatic rings. The Kier molecular flexibility index (Phi) is 17.0. The third-order valence-electron chi connectivity index (χ3n) is 8.21. The second-order valence-corrected chi connectivity index (χ2v) is 14.6. The number of hydrogen-bond donors (Lipinski definition) is 1. The van der Waals surface area contributed by atoms with Crippen LogP contribution in [0.4, 0.5) is 0 Å². The fourth-order valence-electron chi connectivity index (χ4n) is 5.75. The number of hydrogen-bond acceptors (Lipinski definition) is 8. The Hall–Kier alpha value is -3.66. The molecule has 0 spiro atoms. The molecule has 0 fully saturated rings. The van der Waals surface area contributed by atoms with Gasteiger partial charge in [0.05, 0.1) is 50.0 Å². The van der Waals surface area contributed by atoms with E-state index in [2.05, 4.69) is 91.0 Å². The molecule has 4 rings (SSSR count). The zero-order chi connectivity index (χ0) is 36.2. The van der Waals surface area contributed by atoms with Gasteiger partial charge in [0.25, 0.3) is 0 Å². The Labute approximate surface area is 308 Å². The van der Waals surface area contributed by atoms with Gasteiger partial charge in [-0.25, -0.2) is 4.79 Å². The van der Waals surface area contributed by atoms with Gasteiger partial charge in [-0.3, -0.25) is 0 Å². The largest absolute Gasteiger partial charge is 0.508 e. The topological polar surface area (TPSA) is 83.5 Å². The highest BCUT2D eigenvalue weighted by atomic mass is 32.2. The second kappa shape index (κ2) is 21.6. The van der Waals surface area contributed by atoms with Crippen LogP contribution in [0.3, 0.4) is 0 Å². The summed E-state index contributed by atoms with van der Waals surface area (Å²) in [6.07, 6.45) is 4.82. The minimum absolute atomic E-state index is 0.172. The van der Waals surface area contributed by atoms with Gasteiger partial charge in [0, 0.05) is 0 Å². The molecule has 1 N–H and O–H groups in total. The molecular weight excluding hydrogens is 661 g/mol. The van der Waals surface area contributed by atoms with E-state index < -0.39 is 5.97 Å². The van der Waals surface area contributed by atoms with Crippen LogP contribution in [0.25, 0.3) is 0 Å². The number of thioether (sulfide) groups is 1. The predicted molar refractivity (Wildman–Crippen MR) is 206 cm³/mol. The van der Waals surface area contributed by atoms with Gasteiger partial charge in [-0.05, 0) is 86.2 Å². The molecule has 274 valence electrons. The molecule has 0 heterocycles. The van der Waals surface area contributed by atoms with Crippen molar-refractivity contribution in [3.8, 4) is 11.5 Å². The summed E-state index contributed by atoms with van der Waals surface area (Å²) in [6, 6.07) is 37.3. The number of phenolic OH excluding ortho intramolecular Hbond substituents is 1. The van der Waals surface area contributed by atoms with Crippen molar-refractivity contribution in [2.24, 2.45) is 0 Å². The molecule has 0 saturated heterocycles. The SMILES string of the molecule is CC(C)(C)OCCOCCOCCOCC(=O)Oc1ccc(O)c(CCCCCCSC(c2ccccc2)(c2ccccc2)c2ccccc2)c1. The van der Waals surface area contributed by atoms with Crippen LogP contribution in [0, 0.1) is 0 Å². The van der Waals surface area contributed by atoms with E-state index in [0.29, 0.717) is 45.2 Å². The van der Waals surface area contributed by atoms with Crippen molar-refractivity contribution in [1.82, 2.24) is 0 Å². The molecule has 51 heavy (non-hydrogen) atoms. The molecule has 0 aromatic heterocycles. The van der Waals surface area contributed by atoms with Gasteiger partial charge in [-0.1, -0.05) is 104 Å². The fourth-order valence-corrected chi connectivity index (χ4v) is 7.32. The Morgan fingerprint density at radius 3 is 1.69 bits per heavy atom. The summed E-state index contributed by atoms with van der Waals surface area (Å²) in [5, 5.41) is 10.5. The molecule has 0 aliphatic carbocycles. The minimum atomic E-state index is -0.496. The van der Waals surface area contributed by atoms with E-state index in [1.165, 1.54) is 16.7 Å². The van der Waals surface area contributed by atoms with Crippen LogP contribution in [0.2, 0.25) is 0 Å². The molecule has 8 heteroatoms. The summed E-state index contributed by atoms with van der Waals surface area (Å²) < 4.78 is 27.1. The first kappa shape index (κ1) is 40.1. The zero-order valence-corrected chi connectivity index (χ0v) is 31.2. The number of esters is 1. The standard InChI is InChI=1S/C43H54O7S/c1-42(2,3)49-31-30-47-27-26-46-28-29-48-34-41(45)50-39-24-25-40(44)35(33-39)17-9-4-5-16-32-51-43(36-18-10-6-11-19-36,37-20-12-7-13-21-37)38-22-14-8-15-23-38/h6-8,10-15,18-25,33,44H,4-5,9,16-17,26-32,34H2,1-3H3. The number of aromatic hydroxyl groups is 1. The molecule has 0 bridgehead atoms. The molecule has 0 aliphatic heterocycles. The first-order chi connectivity index (χ1) is 24.8. The number of carbonyl (C=O) groups excluding carboxylic acids is 1. The third kappa shape index (κ3) is 13.8. The quantitative estimate of drug-likeness (QED) is 0.0353. The summed E-state index contributed by atoms with van der Waals surface area (Å²) in [4.78, 5) is 12.3. The highest BCUT2D eigenvalue weighted by Gasteiger charge is 2.36. The van der Waals surface area contributed by atoms with Crippen molar-refractivity contribution in [1.29, 1.82) is 0 Å². The Morgan fingerprint density at radius 2 is 1.14 bits per heavy atom. The third-order valence-corrected chi connectivity index (χ3v) is 9.84. The molecule has 0 saturated carbocycles. The van der Waals surface area contributed by atoms with Crippen molar-refractivity contribution in [3.63, 3.8) is 0 Å². The minimum Gasteiger partial charge on any atom is -0.508 e. The number of carbonyl (C=O) groups is 1. The van der Waals surface area contributed by atoms with E-state index in [9.17, 15) is 9.90 Å². The lowest BCUT2D eigenvalue weighted by molar-refractivity contribution is -0.140. The fraction of sp³-hybridized carbons (Fsp3) is 0.419. The summed E-state index contributed by atoms with van der Waals surface area (Å²) in [7, 11) is 0. The van der Waals surface area contributed by atoms with Gasteiger partial charge in [0.2, 0.25) is 0 Å². The molecule has 0 amide bonds. The van der Waals surface area contributed by atoms with Crippen LogP contribution < -0.4 is 4.74 Å². The lowest BCUT2D eigenvalue weighted by Gasteiger charge is -2.35. The van der Waals surface area contributed by atoms with Crippen molar-refractivity contribution in [2.75, 3.05) is 52.0 Å². The average molecular weight is 715 g/mol. The number of rotatable bonds is 23. The van der Waals surface area contributed by atoms with Gasteiger partial charge in [-0.2, -0.15) is 0 Å². The summed E-state index contributed by atoms with van der Waals surface area (Å²) in [5.74, 6) is 1.12. The summed E-state index contributed by atoms with van der Waals surface area (Å²) >= 11 is 1.99. The van der Waals surface area contributed by atoms with Crippen LogP contribution in [-0.2, 0) is 34.9 Å². The number of benzene rings is 4. The summed E-state index contributed by atoms with van der Waals surface area (Å²) in [6.45, 7) is 8.43. The molecule has 0 unspecified atom stereocenters. The van der Waals surface area contributed by atoms with Crippen molar-refractivity contribution in [3.05, 3.63) is 131 Å². The van der Waals surface area contributed by atoms with E-state index in [-0.39, 0.29) is 29.3 Å². The van der Waals surface area contributed by atoms with Gasteiger partial charge < -0.3 is 28.8 Å². The smallest absolute Gasteiger partial charge is 0.337 e. The lowest BCUT2D eigenvalue weighted by atomic mass is 9.84. The first-order valence-corrected chi connectivity index (χ1v) is 19.0. The van der Waals surface area contributed by atoms with Crippen LogP contribution in [-0.4, -0.2) is 68.7 Å². The highest BCUT2D eigenvalue weighted by molar-refractivity contribution is 8.00. The van der Waals surface area contributed by atoms with Gasteiger partial charge >= 0.3 is 5.97 Å². The Morgan fingerprint density at radius 1 is 0.627 bits per heavy atom. The van der Waals surface area contributed by atoms with E-state index in [1.54, 1.807) is 18.2 Å². The molecule has 0 aliphatic rings. The van der Waals surface area contributed by atoms with E-state index in [0.717, 1.165) is 37.0 Å². The van der Waals surface area contributed by atoms with Gasteiger partial charge in [0.15, 0.2) is 0 Å². The van der Waals surface area contributed by atoms with Crippen molar-refractivity contribution < 1.29 is 33.6 Å². The Bertz CT molecular complexity index is 1440. The van der Waals surface area contributed by atoms with Crippen molar-refractivity contribution in [2.45, 2.75) is 63.2 Å². The Balaban J connectivity index is 1.15. The zero-order valence-electron chi connectivity index (χ0n) is 30.4. The lowest BCUT2D eigenvalue weighted by Crippen LogP contribution is -2.26. The van der Waals surface area contributed by atoms with Crippen LogP contribution in [0.1, 0.15) is 68.7 Å². The number of phenols is 1. The average Bonchev–Trinajstić information content (AvgIpc) is 3.13. The second-order valence-electron chi connectivity index (χ2n) is 13.3. The van der Waals surface area contributed by atoms with Gasteiger partial charge in [0.1, 0.15) is 18.1 Å². The molecule has 7 nitrogen and oxygen atoms in total. The number of aryl methyl sites for hydroxylation is 1. The maximum absolute atomic E-state index is 12.3. The molecule has 0 atom stereocenters. The van der Waals surface area contributed by atoms with Crippen LogP contribution in [0.5, 0.6) is 11.5 Å².